The summed E-state index contributed by atoms with van der Waals surface area (Å²) in [7, 11) is 1.22. The maximum atomic E-state index is 12.7. The molecule has 1 rings (SSSR count). The molecule has 0 radical (unpaired) electrons. The number of alkyl halides is 3. The lowest BCUT2D eigenvalue weighted by atomic mass is 9.67. The number of hydrogen-bond donors (Lipinski definition) is 1. The summed E-state index contributed by atoms with van der Waals surface area (Å²) in [6.07, 6.45) is -2.36. The molecule has 0 aromatic carbocycles. The quantitative estimate of drug-likeness (QED) is 0.723. The molecular formula is C14H20F3NO3S. The van der Waals surface area contributed by atoms with Crippen LogP contribution in [0.15, 0.2) is 11.3 Å². The number of ketones is 1. The van der Waals surface area contributed by atoms with Crippen LogP contribution >= 0.6 is 11.8 Å². The minimum atomic E-state index is -4.92. The Kier molecular flexibility index (Phi) is 5.95. The van der Waals surface area contributed by atoms with Gasteiger partial charge in [0, 0.05) is 16.7 Å². The minimum Gasteiger partial charge on any atom is -0.467 e. The monoisotopic (exact) mass is 339 g/mol. The SMILES string of the molecule is COC(=O)C(CCSC)NC1=C(C(=O)C(F)(F)F)C(C)(C)C1. The van der Waals surface area contributed by atoms with Gasteiger partial charge in [-0.2, -0.15) is 24.9 Å². The van der Waals surface area contributed by atoms with Crippen LogP contribution in [0.2, 0.25) is 0 Å². The maximum absolute atomic E-state index is 12.7. The molecule has 0 aromatic heterocycles. The van der Waals surface area contributed by atoms with Crippen molar-refractivity contribution in [1.82, 2.24) is 5.32 Å². The van der Waals surface area contributed by atoms with E-state index in [0.29, 0.717) is 12.2 Å². The molecule has 1 unspecified atom stereocenters. The first-order chi connectivity index (χ1) is 10.0. The molecule has 0 saturated heterocycles. The third kappa shape index (κ3) is 4.18. The van der Waals surface area contributed by atoms with E-state index in [1.54, 1.807) is 13.8 Å². The van der Waals surface area contributed by atoms with Crippen molar-refractivity contribution in [2.45, 2.75) is 38.9 Å². The normalized spacial score (nSPS) is 18.5. The van der Waals surface area contributed by atoms with Crippen molar-refractivity contribution < 1.29 is 27.5 Å². The van der Waals surface area contributed by atoms with Gasteiger partial charge < -0.3 is 10.1 Å². The first kappa shape index (κ1) is 18.9. The molecule has 126 valence electrons. The van der Waals surface area contributed by atoms with Crippen molar-refractivity contribution in [1.29, 1.82) is 0 Å². The van der Waals surface area contributed by atoms with Crippen molar-refractivity contribution in [3.8, 4) is 0 Å². The summed E-state index contributed by atoms with van der Waals surface area (Å²) in [5.41, 5.74) is -0.961. The molecule has 0 heterocycles. The summed E-state index contributed by atoms with van der Waals surface area (Å²) in [6, 6.07) is -0.750. The van der Waals surface area contributed by atoms with Gasteiger partial charge in [-0.25, -0.2) is 4.79 Å². The van der Waals surface area contributed by atoms with Gasteiger partial charge in [0.15, 0.2) is 0 Å². The number of thioether (sulfide) groups is 1. The van der Waals surface area contributed by atoms with Crippen molar-refractivity contribution in [2.24, 2.45) is 5.41 Å². The minimum absolute atomic E-state index is 0.184. The van der Waals surface area contributed by atoms with E-state index in [4.69, 9.17) is 0 Å². The Hall–Kier alpha value is -1.18. The highest BCUT2D eigenvalue weighted by Crippen LogP contribution is 2.47. The third-order valence-electron chi connectivity index (χ3n) is 3.53. The summed E-state index contributed by atoms with van der Waals surface area (Å²) >= 11 is 1.51. The number of Topliss-reactive ketones (excluding diaryl/α,β-unsaturated/α-hetero) is 1. The van der Waals surface area contributed by atoms with E-state index in [1.165, 1.54) is 18.9 Å². The second-order valence-electron chi connectivity index (χ2n) is 5.74. The lowest BCUT2D eigenvalue weighted by molar-refractivity contribution is -0.168. The van der Waals surface area contributed by atoms with Gasteiger partial charge in [-0.3, -0.25) is 4.79 Å². The Balaban J connectivity index is 3.01. The van der Waals surface area contributed by atoms with Crippen molar-refractivity contribution in [3.63, 3.8) is 0 Å². The second kappa shape index (κ2) is 6.93. The zero-order valence-electron chi connectivity index (χ0n) is 13.0. The number of allylic oxidation sites excluding steroid dienone is 2. The van der Waals surface area contributed by atoms with Crippen LogP contribution in [-0.2, 0) is 14.3 Å². The van der Waals surface area contributed by atoms with E-state index in [-0.39, 0.29) is 17.7 Å². The number of nitrogens with one attached hydrogen (secondary N) is 1. The fourth-order valence-corrected chi connectivity index (χ4v) is 2.94. The standard InChI is InChI=1S/C14H20F3NO3S/c1-13(2)7-9(10(13)11(19)14(15,16)17)18-8(5-6-22-4)12(20)21-3/h8,18H,5-7H2,1-4H3. The van der Waals surface area contributed by atoms with Crippen molar-refractivity contribution in [3.05, 3.63) is 11.3 Å². The molecule has 22 heavy (non-hydrogen) atoms. The van der Waals surface area contributed by atoms with Crippen LogP contribution in [0.3, 0.4) is 0 Å². The van der Waals surface area contributed by atoms with Crippen molar-refractivity contribution >= 4 is 23.5 Å². The molecule has 0 spiro atoms. The van der Waals surface area contributed by atoms with Crippen LogP contribution in [0.4, 0.5) is 13.2 Å². The van der Waals surface area contributed by atoms with E-state index in [1.807, 2.05) is 6.26 Å². The van der Waals surface area contributed by atoms with Gasteiger partial charge in [0.05, 0.1) is 7.11 Å². The van der Waals surface area contributed by atoms with Gasteiger partial charge in [-0.15, -0.1) is 0 Å². The highest BCUT2D eigenvalue weighted by Gasteiger charge is 2.51. The average molecular weight is 339 g/mol. The summed E-state index contributed by atoms with van der Waals surface area (Å²) in [6.45, 7) is 3.15. The summed E-state index contributed by atoms with van der Waals surface area (Å²) in [4.78, 5) is 23.3. The number of carbonyl (C=O) groups excluding carboxylic acids is 2. The molecule has 0 bridgehead atoms. The largest absolute Gasteiger partial charge is 0.467 e. The van der Waals surface area contributed by atoms with Gasteiger partial charge in [-0.1, -0.05) is 13.8 Å². The van der Waals surface area contributed by atoms with Crippen LogP contribution < -0.4 is 5.32 Å². The number of methoxy groups -OCH3 is 1. The molecule has 0 aliphatic heterocycles. The summed E-state index contributed by atoms with van der Waals surface area (Å²) < 4.78 is 42.7. The highest BCUT2D eigenvalue weighted by molar-refractivity contribution is 7.98. The Labute approximate surface area is 131 Å². The zero-order valence-corrected chi connectivity index (χ0v) is 13.8. The molecule has 0 amide bonds. The molecule has 1 N–H and O–H groups in total. The molecule has 0 saturated carbocycles. The van der Waals surface area contributed by atoms with Gasteiger partial charge in [0.25, 0.3) is 5.78 Å². The second-order valence-corrected chi connectivity index (χ2v) is 6.73. The molecule has 1 aliphatic carbocycles. The van der Waals surface area contributed by atoms with Gasteiger partial charge in [0.1, 0.15) is 6.04 Å². The van der Waals surface area contributed by atoms with E-state index >= 15 is 0 Å². The first-order valence-electron chi connectivity index (χ1n) is 6.73. The maximum Gasteiger partial charge on any atom is 0.454 e. The Morgan fingerprint density at radius 3 is 2.41 bits per heavy atom. The van der Waals surface area contributed by atoms with E-state index in [0.717, 1.165) is 0 Å². The predicted octanol–water partition coefficient (Wildman–Crippen LogP) is 2.69. The van der Waals surface area contributed by atoms with Crippen LogP contribution in [0.25, 0.3) is 0 Å². The van der Waals surface area contributed by atoms with Crippen LogP contribution in [0, 0.1) is 5.41 Å². The van der Waals surface area contributed by atoms with Gasteiger partial charge in [-0.05, 0) is 24.9 Å². The first-order valence-corrected chi connectivity index (χ1v) is 8.12. The average Bonchev–Trinajstić information content (AvgIpc) is 2.39. The number of carbonyl (C=O) groups is 2. The van der Waals surface area contributed by atoms with Crippen LogP contribution in [0.5, 0.6) is 0 Å². The summed E-state index contributed by atoms with van der Waals surface area (Å²) in [5.74, 6) is -1.75. The predicted molar refractivity (Wildman–Crippen MR) is 78.4 cm³/mol. The Morgan fingerprint density at radius 2 is 2.00 bits per heavy atom. The van der Waals surface area contributed by atoms with E-state index < -0.39 is 29.4 Å². The molecule has 0 fully saturated rings. The van der Waals surface area contributed by atoms with Crippen molar-refractivity contribution in [2.75, 3.05) is 19.1 Å². The molecule has 4 nitrogen and oxygen atoms in total. The van der Waals surface area contributed by atoms with Gasteiger partial charge >= 0.3 is 12.1 Å². The number of hydrogen-bond acceptors (Lipinski definition) is 5. The van der Waals surface area contributed by atoms with Crippen LogP contribution in [-0.4, -0.2) is 43.1 Å². The number of halogens is 3. The number of esters is 1. The highest BCUT2D eigenvalue weighted by atomic mass is 32.2. The molecular weight excluding hydrogens is 319 g/mol. The smallest absolute Gasteiger partial charge is 0.454 e. The van der Waals surface area contributed by atoms with E-state index in [2.05, 4.69) is 10.1 Å². The lowest BCUT2D eigenvalue weighted by Gasteiger charge is -2.41. The molecule has 8 heteroatoms. The molecule has 1 atom stereocenters. The van der Waals surface area contributed by atoms with Crippen LogP contribution in [0.1, 0.15) is 26.7 Å². The summed E-state index contributed by atoms with van der Waals surface area (Å²) in [5, 5.41) is 2.77. The Bertz CT molecular complexity index is 486. The lowest BCUT2D eigenvalue weighted by Crippen LogP contribution is -2.47. The fourth-order valence-electron chi connectivity index (χ4n) is 2.47. The third-order valence-corrected chi connectivity index (χ3v) is 4.17. The topological polar surface area (TPSA) is 55.4 Å². The van der Waals surface area contributed by atoms with E-state index in [9.17, 15) is 22.8 Å². The Morgan fingerprint density at radius 1 is 1.41 bits per heavy atom. The molecule has 0 aromatic rings. The number of ether oxygens (including phenoxy) is 1. The zero-order chi connectivity index (χ0) is 17.1. The fraction of sp³-hybridized carbons (Fsp3) is 0.714. The molecule has 1 aliphatic rings. The van der Waals surface area contributed by atoms with Gasteiger partial charge in [0.2, 0.25) is 0 Å². The number of rotatable bonds is 7.